The molecule has 0 saturated carbocycles. The SMILES string of the molecule is CCC(C)[C@@H](C(=O)O)n1c(=O)c2cc3c(=O)n([C@H](C(=O)Nc4cc(N)cc(C(=O)Nc5ccc(O)cc5)c4)C(C)CC)c(=O)c3cc2c1=O. The molecule has 4 atom stereocenters. The molecule has 0 radical (unpaired) electrons. The molecular formula is C35H35N5O9. The molecule has 6 N–H and O–H groups in total. The Morgan fingerprint density at radius 3 is 1.63 bits per heavy atom. The number of nitrogen functional groups attached to an aromatic ring is 1. The lowest BCUT2D eigenvalue weighted by Gasteiger charge is -2.23. The standard InChI is InChI=1S/C35H35N5O9/c1-5-16(3)27(30(43)38-21-12-18(11-19(36)13-21)29(42)37-20-7-9-22(41)10-8-20)39-31(44)23-14-25-26(15-24(23)32(39)45)34(47)40(33(25)46)28(35(48)49)17(4)6-2/h7-17,27-28,41H,5-6,36H2,1-4H3,(H,37,42)(H,38,43)(H,48,49)/t16?,17?,27-,28-/m0/s1. The van der Waals surface area contributed by atoms with E-state index in [1.165, 1.54) is 42.5 Å². The molecule has 0 spiro atoms. The van der Waals surface area contributed by atoms with Gasteiger partial charge in [0, 0.05) is 22.6 Å². The molecule has 2 heterocycles. The summed E-state index contributed by atoms with van der Waals surface area (Å²) in [5, 5.41) is 23.8. The van der Waals surface area contributed by atoms with E-state index in [0.29, 0.717) is 23.1 Å². The highest BCUT2D eigenvalue weighted by Crippen LogP contribution is 2.26. The molecule has 5 aromatic rings. The fourth-order valence-electron chi connectivity index (χ4n) is 6.02. The van der Waals surface area contributed by atoms with Gasteiger partial charge in [0.25, 0.3) is 28.1 Å². The number of hydrogen-bond acceptors (Lipinski definition) is 9. The number of carbonyl (C=O) groups excluding carboxylic acids is 2. The van der Waals surface area contributed by atoms with Crippen molar-refractivity contribution >= 4 is 56.4 Å². The van der Waals surface area contributed by atoms with E-state index < -0.39 is 63.9 Å². The predicted octanol–water partition coefficient (Wildman–Crippen LogP) is 3.35. The van der Waals surface area contributed by atoms with E-state index >= 15 is 0 Å². The summed E-state index contributed by atoms with van der Waals surface area (Å²) in [7, 11) is 0. The van der Waals surface area contributed by atoms with Crippen LogP contribution in [0.4, 0.5) is 17.1 Å². The maximum absolute atomic E-state index is 13.8. The van der Waals surface area contributed by atoms with E-state index in [-0.39, 0.29) is 44.2 Å². The van der Waals surface area contributed by atoms with Crippen LogP contribution >= 0.6 is 0 Å². The number of hydrogen-bond donors (Lipinski definition) is 5. The summed E-state index contributed by atoms with van der Waals surface area (Å²) < 4.78 is 1.45. The Hall–Kier alpha value is -6.05. The van der Waals surface area contributed by atoms with Crippen molar-refractivity contribution < 1.29 is 24.6 Å². The summed E-state index contributed by atoms with van der Waals surface area (Å²) in [6, 6.07) is 9.41. The van der Waals surface area contributed by atoms with Gasteiger partial charge in [0.2, 0.25) is 5.91 Å². The van der Waals surface area contributed by atoms with Crippen LogP contribution in [0.15, 0.2) is 73.8 Å². The highest BCUT2D eigenvalue weighted by atomic mass is 16.4. The van der Waals surface area contributed by atoms with Crippen molar-refractivity contribution in [3.8, 4) is 5.75 Å². The Morgan fingerprint density at radius 1 is 0.694 bits per heavy atom. The lowest BCUT2D eigenvalue weighted by Crippen LogP contribution is -2.40. The van der Waals surface area contributed by atoms with Crippen LogP contribution in [0.25, 0.3) is 21.5 Å². The molecule has 14 heteroatoms. The molecule has 5 rings (SSSR count). The maximum atomic E-state index is 13.8. The van der Waals surface area contributed by atoms with Gasteiger partial charge in [-0.1, -0.05) is 40.5 Å². The third-order valence-electron chi connectivity index (χ3n) is 9.01. The molecule has 2 amide bonds. The number of aromatic nitrogens is 2. The van der Waals surface area contributed by atoms with Gasteiger partial charge in [-0.2, -0.15) is 0 Å². The topological polar surface area (TPSA) is 220 Å². The van der Waals surface area contributed by atoms with Crippen LogP contribution in [-0.2, 0) is 9.59 Å². The van der Waals surface area contributed by atoms with Crippen LogP contribution in [0.2, 0.25) is 0 Å². The summed E-state index contributed by atoms with van der Waals surface area (Å²) in [4.78, 5) is 93.2. The minimum Gasteiger partial charge on any atom is -0.508 e. The average Bonchev–Trinajstić information content (AvgIpc) is 3.44. The molecule has 0 aliphatic rings. The van der Waals surface area contributed by atoms with Crippen molar-refractivity contribution in [2.45, 2.75) is 52.6 Å². The van der Waals surface area contributed by atoms with Gasteiger partial charge in [-0.3, -0.25) is 37.9 Å². The van der Waals surface area contributed by atoms with Gasteiger partial charge < -0.3 is 26.6 Å². The lowest BCUT2D eigenvalue weighted by atomic mass is 9.98. The number of phenolic OH excluding ortho intramolecular Hbond substituents is 1. The van der Waals surface area contributed by atoms with Crippen LogP contribution < -0.4 is 38.6 Å². The van der Waals surface area contributed by atoms with Crippen molar-refractivity contribution in [3.63, 3.8) is 0 Å². The number of rotatable bonds is 11. The van der Waals surface area contributed by atoms with E-state index in [9.17, 15) is 43.8 Å². The Kier molecular flexibility index (Phi) is 9.25. The summed E-state index contributed by atoms with van der Waals surface area (Å²) in [6.45, 7) is 6.77. The summed E-state index contributed by atoms with van der Waals surface area (Å²) in [5.74, 6) is -3.76. The highest BCUT2D eigenvalue weighted by Gasteiger charge is 2.34. The number of benzene rings is 3. The Balaban J connectivity index is 1.55. The molecular weight excluding hydrogens is 634 g/mol. The fourth-order valence-corrected chi connectivity index (χ4v) is 6.02. The van der Waals surface area contributed by atoms with Gasteiger partial charge in [0.15, 0.2) is 0 Å². The second kappa shape index (κ2) is 13.2. The van der Waals surface area contributed by atoms with Crippen LogP contribution in [0.3, 0.4) is 0 Å². The predicted molar refractivity (Wildman–Crippen MR) is 185 cm³/mol. The van der Waals surface area contributed by atoms with Gasteiger partial charge in [-0.05, 0) is 66.4 Å². The van der Waals surface area contributed by atoms with Crippen LogP contribution in [0.5, 0.6) is 5.75 Å². The van der Waals surface area contributed by atoms with E-state index in [1.54, 1.807) is 27.7 Å². The van der Waals surface area contributed by atoms with Crippen molar-refractivity contribution in [2.24, 2.45) is 11.8 Å². The number of amides is 2. The number of nitrogens with one attached hydrogen (secondary N) is 2. The Morgan fingerprint density at radius 2 is 1.16 bits per heavy atom. The zero-order chi connectivity index (χ0) is 35.9. The Bertz CT molecular complexity index is 2250. The number of aliphatic carboxylic acids is 1. The second-order valence-corrected chi connectivity index (χ2v) is 12.2. The minimum atomic E-state index is -1.44. The number of carboxylic acids is 1. The van der Waals surface area contributed by atoms with E-state index in [1.807, 2.05) is 0 Å². The Labute approximate surface area is 278 Å². The number of carbonyl (C=O) groups is 3. The first-order chi connectivity index (χ1) is 23.2. The molecule has 0 fully saturated rings. The lowest BCUT2D eigenvalue weighted by molar-refractivity contribution is -0.142. The third-order valence-corrected chi connectivity index (χ3v) is 9.01. The van der Waals surface area contributed by atoms with E-state index in [2.05, 4.69) is 10.6 Å². The van der Waals surface area contributed by atoms with Crippen LogP contribution in [-0.4, -0.2) is 37.1 Å². The van der Waals surface area contributed by atoms with E-state index in [0.717, 1.165) is 16.7 Å². The summed E-state index contributed by atoms with van der Waals surface area (Å²) >= 11 is 0. The molecule has 3 aromatic carbocycles. The smallest absolute Gasteiger partial charge is 0.327 e. The quantitative estimate of drug-likeness (QED) is 0.102. The maximum Gasteiger partial charge on any atom is 0.327 e. The van der Waals surface area contributed by atoms with Crippen LogP contribution in [0.1, 0.15) is 63.0 Å². The fraction of sp³-hybridized carbons (Fsp3) is 0.286. The molecule has 2 unspecified atom stereocenters. The number of anilines is 3. The van der Waals surface area contributed by atoms with Gasteiger partial charge >= 0.3 is 5.97 Å². The second-order valence-electron chi connectivity index (χ2n) is 12.2. The van der Waals surface area contributed by atoms with Gasteiger partial charge in [-0.15, -0.1) is 0 Å². The molecule has 0 bridgehead atoms. The van der Waals surface area contributed by atoms with Crippen LogP contribution in [0, 0.1) is 11.8 Å². The first-order valence-corrected chi connectivity index (χ1v) is 15.7. The number of carboxylic acid groups (broad SMARTS) is 1. The average molecular weight is 670 g/mol. The van der Waals surface area contributed by atoms with Crippen molar-refractivity contribution in [3.05, 3.63) is 102 Å². The van der Waals surface area contributed by atoms with Gasteiger partial charge in [0.05, 0.1) is 21.5 Å². The summed E-state index contributed by atoms with van der Waals surface area (Å²) in [5.41, 5.74) is 3.30. The van der Waals surface area contributed by atoms with Crippen molar-refractivity contribution in [1.29, 1.82) is 0 Å². The zero-order valence-corrected chi connectivity index (χ0v) is 27.1. The zero-order valence-electron chi connectivity index (χ0n) is 27.1. The largest absolute Gasteiger partial charge is 0.508 e. The molecule has 0 saturated heterocycles. The normalized spacial score (nSPS) is 14.0. The number of fused-ring (bicyclic) bond motifs is 2. The molecule has 0 aliphatic carbocycles. The first kappa shape index (κ1) is 34.3. The minimum absolute atomic E-state index is 0.0181. The van der Waals surface area contributed by atoms with Crippen molar-refractivity contribution in [2.75, 3.05) is 16.4 Å². The molecule has 254 valence electrons. The van der Waals surface area contributed by atoms with E-state index in [4.69, 9.17) is 5.73 Å². The van der Waals surface area contributed by atoms with Crippen molar-refractivity contribution in [1.82, 2.24) is 9.13 Å². The van der Waals surface area contributed by atoms with Gasteiger partial charge in [0.1, 0.15) is 17.8 Å². The highest BCUT2D eigenvalue weighted by molar-refractivity contribution is 6.06. The summed E-state index contributed by atoms with van der Waals surface area (Å²) in [6.07, 6.45) is 0.743. The number of phenols is 1. The molecule has 14 nitrogen and oxygen atoms in total. The number of aromatic hydroxyl groups is 1. The third kappa shape index (κ3) is 6.20. The van der Waals surface area contributed by atoms with Gasteiger partial charge in [-0.25, -0.2) is 4.79 Å². The molecule has 49 heavy (non-hydrogen) atoms. The first-order valence-electron chi connectivity index (χ1n) is 15.7. The molecule has 2 aromatic heterocycles. The number of nitrogens with two attached hydrogens (primary N) is 1. The molecule has 0 aliphatic heterocycles. The monoisotopic (exact) mass is 669 g/mol. The number of nitrogens with zero attached hydrogens (tertiary/aromatic N) is 2.